The van der Waals surface area contributed by atoms with E-state index < -0.39 is 0 Å². The molecule has 0 aromatic heterocycles. The van der Waals surface area contributed by atoms with E-state index >= 15 is 0 Å². The summed E-state index contributed by atoms with van der Waals surface area (Å²) in [6, 6.07) is 0. The van der Waals surface area contributed by atoms with Gasteiger partial charge in [0.15, 0.2) is 0 Å². The lowest BCUT2D eigenvalue weighted by Crippen LogP contribution is -2.39. The number of fused-ring (bicyclic) bond motifs is 1. The summed E-state index contributed by atoms with van der Waals surface area (Å²) in [5.74, 6) is 0.623. The number of epoxide rings is 1. The van der Waals surface area contributed by atoms with Crippen LogP contribution in [-0.4, -0.2) is 23.9 Å². The number of rotatable bonds is 4. The van der Waals surface area contributed by atoms with Crippen molar-refractivity contribution >= 4 is 0 Å². The molecule has 1 aliphatic carbocycles. The molecule has 1 saturated carbocycles. The second-order valence-electron chi connectivity index (χ2n) is 5.59. The van der Waals surface area contributed by atoms with Crippen molar-refractivity contribution in [2.24, 2.45) is 5.92 Å². The summed E-state index contributed by atoms with van der Waals surface area (Å²) in [5.41, 5.74) is 0.173. The summed E-state index contributed by atoms with van der Waals surface area (Å²) >= 11 is 0. The molecule has 0 spiro atoms. The van der Waals surface area contributed by atoms with Gasteiger partial charge in [0, 0.05) is 0 Å². The summed E-state index contributed by atoms with van der Waals surface area (Å²) in [6.45, 7) is 10.9. The summed E-state index contributed by atoms with van der Waals surface area (Å²) in [4.78, 5) is 0. The van der Waals surface area contributed by atoms with Crippen molar-refractivity contribution in [3.05, 3.63) is 12.7 Å². The predicted octanol–water partition coefficient (Wildman–Crippen LogP) is 2.93. The molecular formula is C13H22O2. The van der Waals surface area contributed by atoms with E-state index in [9.17, 15) is 0 Å². The molecule has 3 unspecified atom stereocenters. The number of ether oxygens (including phenoxy) is 2. The molecule has 15 heavy (non-hydrogen) atoms. The summed E-state index contributed by atoms with van der Waals surface area (Å²) in [5, 5.41) is 0. The van der Waals surface area contributed by atoms with Crippen molar-refractivity contribution in [1.82, 2.24) is 0 Å². The molecule has 86 valence electrons. The smallest absolute Gasteiger partial charge is 0.0920 e. The fourth-order valence-corrected chi connectivity index (χ4v) is 2.67. The van der Waals surface area contributed by atoms with Crippen molar-refractivity contribution in [1.29, 1.82) is 0 Å². The normalized spacial score (nSPS) is 39.7. The van der Waals surface area contributed by atoms with E-state index in [1.807, 2.05) is 6.08 Å². The van der Waals surface area contributed by atoms with Crippen LogP contribution >= 0.6 is 0 Å². The van der Waals surface area contributed by atoms with E-state index in [-0.39, 0.29) is 11.2 Å². The minimum atomic E-state index is -0.0402. The Kier molecular flexibility index (Phi) is 2.68. The van der Waals surface area contributed by atoms with Crippen molar-refractivity contribution < 1.29 is 9.47 Å². The van der Waals surface area contributed by atoms with Crippen molar-refractivity contribution in [3.63, 3.8) is 0 Å². The van der Waals surface area contributed by atoms with Crippen LogP contribution in [-0.2, 0) is 9.47 Å². The summed E-state index contributed by atoms with van der Waals surface area (Å²) in [6.07, 6.45) is 5.87. The first-order chi connectivity index (χ1) is 6.98. The van der Waals surface area contributed by atoms with Gasteiger partial charge in [-0.1, -0.05) is 6.08 Å². The zero-order chi connectivity index (χ0) is 11.1. The molecule has 2 fully saturated rings. The third kappa shape index (κ3) is 2.11. The third-order valence-electron chi connectivity index (χ3n) is 4.08. The van der Waals surface area contributed by atoms with Crippen LogP contribution in [0, 0.1) is 5.92 Å². The molecule has 0 amide bonds. The molecule has 0 bridgehead atoms. The second kappa shape index (κ2) is 3.60. The molecule has 0 radical (unpaired) electrons. The van der Waals surface area contributed by atoms with Gasteiger partial charge in [-0.2, -0.15) is 0 Å². The predicted molar refractivity (Wildman–Crippen MR) is 60.8 cm³/mol. The Balaban J connectivity index is 1.90. The first kappa shape index (κ1) is 11.2. The topological polar surface area (TPSA) is 21.8 Å². The minimum Gasteiger partial charge on any atom is -0.371 e. The van der Waals surface area contributed by atoms with Gasteiger partial charge in [0.25, 0.3) is 0 Å². The molecule has 1 aliphatic heterocycles. The molecule has 2 nitrogen and oxygen atoms in total. The summed E-state index contributed by atoms with van der Waals surface area (Å²) < 4.78 is 11.6. The maximum atomic E-state index is 5.84. The van der Waals surface area contributed by atoms with Crippen LogP contribution in [0.2, 0.25) is 0 Å². The summed E-state index contributed by atoms with van der Waals surface area (Å²) in [7, 11) is 0. The van der Waals surface area contributed by atoms with Crippen LogP contribution in [0.5, 0.6) is 0 Å². The van der Waals surface area contributed by atoms with Gasteiger partial charge in [-0.3, -0.25) is 0 Å². The Hall–Kier alpha value is -0.340. The Morgan fingerprint density at radius 2 is 2.33 bits per heavy atom. The molecule has 1 saturated heterocycles. The Bertz CT molecular complexity index is 259. The lowest BCUT2D eigenvalue weighted by Gasteiger charge is -2.36. The van der Waals surface area contributed by atoms with E-state index in [1.54, 1.807) is 0 Å². The Labute approximate surface area is 92.6 Å². The van der Waals surface area contributed by atoms with E-state index in [4.69, 9.17) is 9.47 Å². The Morgan fingerprint density at radius 1 is 1.60 bits per heavy atom. The average molecular weight is 210 g/mol. The minimum absolute atomic E-state index is 0.0402. The van der Waals surface area contributed by atoms with Gasteiger partial charge in [-0.05, 0) is 46.0 Å². The lowest BCUT2D eigenvalue weighted by atomic mass is 9.75. The van der Waals surface area contributed by atoms with Gasteiger partial charge < -0.3 is 9.47 Å². The van der Waals surface area contributed by atoms with Crippen molar-refractivity contribution in [2.45, 2.75) is 57.3 Å². The molecule has 0 aromatic carbocycles. The van der Waals surface area contributed by atoms with Crippen LogP contribution in [0.15, 0.2) is 12.7 Å². The highest BCUT2D eigenvalue weighted by atomic mass is 16.6. The fraction of sp³-hybridized carbons (Fsp3) is 0.846. The number of hydrogen-bond acceptors (Lipinski definition) is 2. The quantitative estimate of drug-likeness (QED) is 0.525. The highest BCUT2D eigenvalue weighted by molar-refractivity contribution is 5.05. The van der Waals surface area contributed by atoms with Crippen LogP contribution in [0.4, 0.5) is 0 Å². The molecule has 1 heterocycles. The molecular weight excluding hydrogens is 188 g/mol. The monoisotopic (exact) mass is 210 g/mol. The van der Waals surface area contributed by atoms with E-state index in [1.165, 1.54) is 12.8 Å². The standard InChI is InChI=1S/C13H22O2/c1-5-8-14-12(2,3)10-6-7-13(4)11(9-10)15-13/h5,10-11H,1,6-9H2,2-4H3. The average Bonchev–Trinajstić information content (AvgIpc) is 2.85. The maximum Gasteiger partial charge on any atom is 0.0920 e. The highest BCUT2D eigenvalue weighted by Gasteiger charge is 2.57. The molecule has 3 atom stereocenters. The van der Waals surface area contributed by atoms with Gasteiger partial charge in [0.05, 0.1) is 23.9 Å². The van der Waals surface area contributed by atoms with Crippen LogP contribution in [0.1, 0.15) is 40.0 Å². The molecule has 2 rings (SSSR count). The van der Waals surface area contributed by atoms with Gasteiger partial charge in [-0.15, -0.1) is 6.58 Å². The molecule has 0 N–H and O–H groups in total. The van der Waals surface area contributed by atoms with Crippen LogP contribution in [0.25, 0.3) is 0 Å². The SMILES string of the molecule is C=CCOC(C)(C)C1CCC2(C)OC2C1. The Morgan fingerprint density at radius 3 is 2.93 bits per heavy atom. The van der Waals surface area contributed by atoms with E-state index in [0.29, 0.717) is 18.6 Å². The second-order valence-corrected chi connectivity index (χ2v) is 5.59. The van der Waals surface area contributed by atoms with Crippen LogP contribution < -0.4 is 0 Å². The highest BCUT2D eigenvalue weighted by Crippen LogP contribution is 2.51. The zero-order valence-corrected chi connectivity index (χ0v) is 10.1. The fourth-order valence-electron chi connectivity index (χ4n) is 2.67. The van der Waals surface area contributed by atoms with Gasteiger partial charge in [0.2, 0.25) is 0 Å². The third-order valence-corrected chi connectivity index (χ3v) is 4.08. The first-order valence-corrected chi connectivity index (χ1v) is 5.90. The molecule has 0 aromatic rings. The van der Waals surface area contributed by atoms with E-state index in [2.05, 4.69) is 27.4 Å². The van der Waals surface area contributed by atoms with Gasteiger partial charge in [0.1, 0.15) is 0 Å². The van der Waals surface area contributed by atoms with Gasteiger partial charge >= 0.3 is 0 Å². The van der Waals surface area contributed by atoms with Crippen molar-refractivity contribution in [2.75, 3.05) is 6.61 Å². The maximum absolute atomic E-state index is 5.84. The van der Waals surface area contributed by atoms with Crippen LogP contribution in [0.3, 0.4) is 0 Å². The van der Waals surface area contributed by atoms with Crippen molar-refractivity contribution in [3.8, 4) is 0 Å². The first-order valence-electron chi connectivity index (χ1n) is 5.90. The number of hydrogen-bond donors (Lipinski definition) is 0. The largest absolute Gasteiger partial charge is 0.371 e. The van der Waals surface area contributed by atoms with E-state index in [0.717, 1.165) is 6.42 Å². The zero-order valence-electron chi connectivity index (χ0n) is 10.1. The van der Waals surface area contributed by atoms with Gasteiger partial charge in [-0.25, -0.2) is 0 Å². The molecule has 2 aliphatic rings. The lowest BCUT2D eigenvalue weighted by molar-refractivity contribution is -0.0568. The molecule has 2 heteroatoms.